The van der Waals surface area contributed by atoms with E-state index in [9.17, 15) is 0 Å². The summed E-state index contributed by atoms with van der Waals surface area (Å²) < 4.78 is 0. The highest BCUT2D eigenvalue weighted by Crippen LogP contribution is 2.21. The number of guanidine groups is 1. The van der Waals surface area contributed by atoms with E-state index in [-0.39, 0.29) is 24.0 Å². The van der Waals surface area contributed by atoms with Crippen molar-refractivity contribution < 1.29 is 0 Å². The van der Waals surface area contributed by atoms with Gasteiger partial charge in [-0.2, -0.15) is 0 Å². The van der Waals surface area contributed by atoms with Gasteiger partial charge in [0.1, 0.15) is 0 Å². The van der Waals surface area contributed by atoms with Crippen LogP contribution >= 0.6 is 24.0 Å². The topological polar surface area (TPSA) is 36.4 Å². The fourth-order valence-corrected chi connectivity index (χ4v) is 2.89. The quantitative estimate of drug-likeness (QED) is 0.784. The third-order valence-electron chi connectivity index (χ3n) is 3.92. The molecule has 3 rings (SSSR count). The van der Waals surface area contributed by atoms with Gasteiger partial charge in [0.2, 0.25) is 0 Å². The lowest BCUT2D eigenvalue weighted by molar-refractivity contribution is 0.484. The van der Waals surface area contributed by atoms with Crippen LogP contribution in [0.2, 0.25) is 0 Å². The molecule has 1 aromatic rings. The molecule has 0 spiro atoms. The summed E-state index contributed by atoms with van der Waals surface area (Å²) in [6.45, 7) is 0.760. The largest absolute Gasteiger partial charge is 0.352 e. The minimum atomic E-state index is 0. The minimum absolute atomic E-state index is 0. The zero-order valence-corrected chi connectivity index (χ0v) is 13.5. The third-order valence-corrected chi connectivity index (χ3v) is 3.92. The summed E-state index contributed by atoms with van der Waals surface area (Å²) in [7, 11) is 0. The van der Waals surface area contributed by atoms with Crippen LogP contribution in [-0.2, 0) is 6.54 Å². The summed E-state index contributed by atoms with van der Waals surface area (Å²) in [4.78, 5) is 4.64. The third kappa shape index (κ3) is 3.84. The monoisotopic (exact) mass is 371 g/mol. The number of hydrogen-bond acceptors (Lipinski definition) is 1. The molecule has 1 saturated carbocycles. The number of aliphatic imine (C=N–C) groups is 1. The standard InChI is InChI=1S/C15H21N3.HI/c1-3-7-12(8-4-1)11-16-15-17-13-9-5-2-6-10-14(13)18-15;/h1,3-4,7-8,13-14H,2,5-6,9-11H2,(H2,16,17,18);1H/t13-,14+;. The van der Waals surface area contributed by atoms with Crippen molar-refractivity contribution in [2.75, 3.05) is 0 Å². The zero-order valence-electron chi connectivity index (χ0n) is 11.1. The van der Waals surface area contributed by atoms with Crippen molar-refractivity contribution >= 4 is 29.9 Å². The number of nitrogens with zero attached hydrogens (tertiary/aromatic N) is 1. The second-order valence-corrected chi connectivity index (χ2v) is 5.29. The van der Waals surface area contributed by atoms with E-state index in [4.69, 9.17) is 0 Å². The van der Waals surface area contributed by atoms with E-state index < -0.39 is 0 Å². The SMILES string of the molecule is I.c1ccc(CN=C2N[C@H]3CCCCC[C@H]3N2)cc1. The van der Waals surface area contributed by atoms with Crippen molar-refractivity contribution in [2.45, 2.75) is 50.7 Å². The molecule has 0 amide bonds. The molecule has 0 unspecified atom stereocenters. The number of hydrogen-bond donors (Lipinski definition) is 2. The summed E-state index contributed by atoms with van der Waals surface area (Å²) >= 11 is 0. The smallest absolute Gasteiger partial charge is 0.192 e. The van der Waals surface area contributed by atoms with Crippen molar-refractivity contribution in [2.24, 2.45) is 4.99 Å². The summed E-state index contributed by atoms with van der Waals surface area (Å²) in [6, 6.07) is 11.6. The van der Waals surface area contributed by atoms with Crippen molar-refractivity contribution in [3.63, 3.8) is 0 Å². The van der Waals surface area contributed by atoms with Crippen LogP contribution < -0.4 is 10.6 Å². The number of fused-ring (bicyclic) bond motifs is 1. The molecule has 1 heterocycles. The van der Waals surface area contributed by atoms with Crippen molar-refractivity contribution in [3.8, 4) is 0 Å². The van der Waals surface area contributed by atoms with Gasteiger partial charge in [-0.25, -0.2) is 4.99 Å². The number of halogens is 1. The van der Waals surface area contributed by atoms with Crippen LogP contribution in [0.5, 0.6) is 0 Å². The highest BCUT2D eigenvalue weighted by atomic mass is 127. The molecule has 4 heteroatoms. The zero-order chi connectivity index (χ0) is 12.2. The lowest BCUT2D eigenvalue weighted by Gasteiger charge is -2.13. The lowest BCUT2D eigenvalue weighted by Crippen LogP contribution is -2.31. The average Bonchev–Trinajstić information content (AvgIpc) is 2.68. The van der Waals surface area contributed by atoms with E-state index in [1.165, 1.54) is 37.7 Å². The Morgan fingerprint density at radius 2 is 1.58 bits per heavy atom. The normalized spacial score (nSPS) is 27.7. The highest BCUT2D eigenvalue weighted by molar-refractivity contribution is 14.0. The van der Waals surface area contributed by atoms with Crippen molar-refractivity contribution in [1.82, 2.24) is 10.6 Å². The molecule has 104 valence electrons. The Labute approximate surface area is 132 Å². The van der Waals surface area contributed by atoms with Gasteiger partial charge in [0.05, 0.1) is 6.54 Å². The summed E-state index contributed by atoms with van der Waals surface area (Å²) in [6.07, 6.45) is 6.64. The Morgan fingerprint density at radius 3 is 2.21 bits per heavy atom. The Bertz CT molecular complexity index is 403. The van der Waals surface area contributed by atoms with E-state index in [0.29, 0.717) is 12.1 Å². The van der Waals surface area contributed by atoms with E-state index >= 15 is 0 Å². The molecule has 1 saturated heterocycles. The van der Waals surface area contributed by atoms with Crippen LogP contribution in [0.3, 0.4) is 0 Å². The van der Waals surface area contributed by atoms with Crippen molar-refractivity contribution in [3.05, 3.63) is 35.9 Å². The van der Waals surface area contributed by atoms with E-state index in [2.05, 4.69) is 39.9 Å². The van der Waals surface area contributed by atoms with E-state index in [1.807, 2.05) is 6.07 Å². The molecule has 2 aliphatic rings. The highest BCUT2D eigenvalue weighted by Gasteiger charge is 2.30. The summed E-state index contributed by atoms with van der Waals surface area (Å²) in [5.74, 6) is 0.996. The maximum absolute atomic E-state index is 4.64. The Balaban J connectivity index is 0.00000133. The van der Waals surface area contributed by atoms with Crippen LogP contribution in [0.25, 0.3) is 0 Å². The second kappa shape index (κ2) is 7.12. The van der Waals surface area contributed by atoms with Gasteiger partial charge in [-0.3, -0.25) is 0 Å². The first-order valence-corrected chi connectivity index (χ1v) is 7.03. The van der Waals surface area contributed by atoms with E-state index in [0.717, 1.165) is 12.5 Å². The first-order chi connectivity index (χ1) is 8.92. The molecule has 1 aromatic carbocycles. The molecule has 3 nitrogen and oxygen atoms in total. The molecule has 1 aliphatic heterocycles. The van der Waals surface area contributed by atoms with Gasteiger partial charge < -0.3 is 10.6 Å². The second-order valence-electron chi connectivity index (χ2n) is 5.29. The summed E-state index contributed by atoms with van der Waals surface area (Å²) in [5, 5.41) is 7.08. The number of benzene rings is 1. The predicted molar refractivity (Wildman–Crippen MR) is 89.9 cm³/mol. The molecule has 0 radical (unpaired) electrons. The minimum Gasteiger partial charge on any atom is -0.352 e. The molecular weight excluding hydrogens is 349 g/mol. The fraction of sp³-hybridized carbons (Fsp3) is 0.533. The van der Waals surface area contributed by atoms with Crippen LogP contribution in [0.4, 0.5) is 0 Å². The van der Waals surface area contributed by atoms with Gasteiger partial charge >= 0.3 is 0 Å². The maximum Gasteiger partial charge on any atom is 0.192 e. The van der Waals surface area contributed by atoms with Gasteiger partial charge in [0, 0.05) is 12.1 Å². The predicted octanol–water partition coefficient (Wildman–Crippen LogP) is 3.05. The molecule has 0 aromatic heterocycles. The lowest BCUT2D eigenvalue weighted by atomic mass is 10.1. The van der Waals surface area contributed by atoms with Gasteiger partial charge in [0.25, 0.3) is 0 Å². The van der Waals surface area contributed by atoms with Crippen molar-refractivity contribution in [1.29, 1.82) is 0 Å². The molecular formula is C15H22IN3. The van der Waals surface area contributed by atoms with Gasteiger partial charge in [-0.15, -0.1) is 24.0 Å². The summed E-state index contributed by atoms with van der Waals surface area (Å²) in [5.41, 5.74) is 1.26. The van der Waals surface area contributed by atoms with Gasteiger partial charge in [0.15, 0.2) is 5.96 Å². The fourth-order valence-electron chi connectivity index (χ4n) is 2.89. The molecule has 19 heavy (non-hydrogen) atoms. The Kier molecular flexibility index (Phi) is 5.48. The molecule has 1 aliphatic carbocycles. The average molecular weight is 371 g/mol. The molecule has 2 fully saturated rings. The number of rotatable bonds is 2. The molecule has 0 bridgehead atoms. The molecule has 2 atom stereocenters. The van der Waals surface area contributed by atoms with E-state index in [1.54, 1.807) is 0 Å². The van der Waals surface area contributed by atoms with Gasteiger partial charge in [-0.1, -0.05) is 49.6 Å². The Morgan fingerprint density at radius 1 is 0.947 bits per heavy atom. The molecule has 2 N–H and O–H groups in total. The maximum atomic E-state index is 4.64. The first kappa shape index (κ1) is 14.6. The van der Waals surface area contributed by atoms with Gasteiger partial charge in [-0.05, 0) is 18.4 Å². The van der Waals surface area contributed by atoms with Crippen LogP contribution in [0, 0.1) is 0 Å². The Hall–Kier alpha value is -0.780. The first-order valence-electron chi connectivity index (χ1n) is 7.03. The van der Waals surface area contributed by atoms with Crippen LogP contribution in [0.15, 0.2) is 35.3 Å². The van der Waals surface area contributed by atoms with Crippen LogP contribution in [-0.4, -0.2) is 18.0 Å². The van der Waals surface area contributed by atoms with Crippen LogP contribution in [0.1, 0.15) is 37.7 Å². The number of nitrogens with one attached hydrogen (secondary N) is 2.